The standard InChI is InChI=1S/C13H15BrFN3/c14-12-9(7-16)4-5-11(13(12)15)18-6-2-1-3-10(18)8-17/h4-5,10H,1-3,6,8,17H2. The number of halogens is 2. The molecule has 1 saturated heterocycles. The van der Waals surface area contributed by atoms with Gasteiger partial charge in [0.05, 0.1) is 15.7 Å². The average Bonchev–Trinajstić information content (AvgIpc) is 2.42. The van der Waals surface area contributed by atoms with Crippen LogP contribution in [0.2, 0.25) is 0 Å². The largest absolute Gasteiger partial charge is 0.365 e. The van der Waals surface area contributed by atoms with Crippen LogP contribution in [0, 0.1) is 17.1 Å². The monoisotopic (exact) mass is 311 g/mol. The Hall–Kier alpha value is -1.12. The van der Waals surface area contributed by atoms with E-state index >= 15 is 0 Å². The normalized spacial score (nSPS) is 19.7. The van der Waals surface area contributed by atoms with E-state index in [4.69, 9.17) is 11.0 Å². The van der Waals surface area contributed by atoms with E-state index in [1.807, 2.05) is 11.0 Å². The minimum absolute atomic E-state index is 0.188. The fourth-order valence-electron chi connectivity index (χ4n) is 2.41. The van der Waals surface area contributed by atoms with Crippen molar-refractivity contribution in [1.82, 2.24) is 0 Å². The molecule has 0 aliphatic carbocycles. The Morgan fingerprint density at radius 2 is 2.28 bits per heavy atom. The lowest BCUT2D eigenvalue weighted by Crippen LogP contribution is -2.44. The quantitative estimate of drug-likeness (QED) is 0.913. The van der Waals surface area contributed by atoms with Crippen molar-refractivity contribution in [3.05, 3.63) is 28.0 Å². The van der Waals surface area contributed by atoms with Crippen molar-refractivity contribution in [2.75, 3.05) is 18.0 Å². The Morgan fingerprint density at radius 1 is 1.50 bits per heavy atom. The first-order valence-electron chi connectivity index (χ1n) is 6.04. The zero-order chi connectivity index (χ0) is 13.1. The van der Waals surface area contributed by atoms with Crippen molar-refractivity contribution in [2.24, 2.45) is 5.73 Å². The molecule has 1 aliphatic heterocycles. The van der Waals surface area contributed by atoms with Crippen molar-refractivity contribution >= 4 is 21.6 Å². The summed E-state index contributed by atoms with van der Waals surface area (Å²) in [4.78, 5) is 2.02. The lowest BCUT2D eigenvalue weighted by Gasteiger charge is -2.37. The third-order valence-corrected chi connectivity index (χ3v) is 4.17. The third kappa shape index (κ3) is 2.36. The molecule has 0 radical (unpaired) electrons. The van der Waals surface area contributed by atoms with Crippen LogP contribution in [0.15, 0.2) is 16.6 Å². The number of nitrogens with two attached hydrogens (primary N) is 1. The predicted octanol–water partition coefficient (Wildman–Crippen LogP) is 2.78. The van der Waals surface area contributed by atoms with Crippen LogP contribution in [0.4, 0.5) is 10.1 Å². The Labute approximate surface area is 115 Å². The van der Waals surface area contributed by atoms with E-state index in [0.717, 1.165) is 25.8 Å². The summed E-state index contributed by atoms with van der Waals surface area (Å²) in [5.41, 5.74) is 6.60. The second-order valence-electron chi connectivity index (χ2n) is 4.45. The number of nitriles is 1. The molecule has 3 nitrogen and oxygen atoms in total. The minimum Gasteiger partial charge on any atom is -0.365 e. The van der Waals surface area contributed by atoms with Gasteiger partial charge in [-0.25, -0.2) is 4.39 Å². The van der Waals surface area contributed by atoms with Gasteiger partial charge in [-0.1, -0.05) is 0 Å². The van der Waals surface area contributed by atoms with Gasteiger partial charge in [0.15, 0.2) is 5.82 Å². The molecule has 0 amide bonds. The molecule has 1 atom stereocenters. The van der Waals surface area contributed by atoms with Crippen LogP contribution < -0.4 is 10.6 Å². The summed E-state index contributed by atoms with van der Waals surface area (Å²) in [6, 6.07) is 5.47. The van der Waals surface area contributed by atoms with Gasteiger partial charge in [-0.05, 0) is 47.3 Å². The smallest absolute Gasteiger partial charge is 0.161 e. The minimum atomic E-state index is -0.366. The molecule has 1 aliphatic rings. The van der Waals surface area contributed by atoms with E-state index in [0.29, 0.717) is 17.8 Å². The second kappa shape index (κ2) is 5.68. The molecule has 18 heavy (non-hydrogen) atoms. The highest BCUT2D eigenvalue weighted by molar-refractivity contribution is 9.10. The van der Waals surface area contributed by atoms with Gasteiger partial charge in [0.1, 0.15) is 6.07 Å². The summed E-state index contributed by atoms with van der Waals surface area (Å²) < 4.78 is 14.5. The maximum Gasteiger partial charge on any atom is 0.161 e. The highest BCUT2D eigenvalue weighted by Crippen LogP contribution is 2.32. The van der Waals surface area contributed by atoms with Crippen LogP contribution in [-0.2, 0) is 0 Å². The van der Waals surface area contributed by atoms with E-state index in [1.165, 1.54) is 0 Å². The Kier molecular flexibility index (Phi) is 4.20. The highest BCUT2D eigenvalue weighted by Gasteiger charge is 2.25. The third-order valence-electron chi connectivity index (χ3n) is 3.39. The molecule has 0 aromatic heterocycles. The lowest BCUT2D eigenvalue weighted by atomic mass is 10.0. The van der Waals surface area contributed by atoms with Gasteiger partial charge in [0.25, 0.3) is 0 Å². The zero-order valence-corrected chi connectivity index (χ0v) is 11.6. The van der Waals surface area contributed by atoms with E-state index in [1.54, 1.807) is 12.1 Å². The first-order valence-corrected chi connectivity index (χ1v) is 6.83. The molecule has 1 unspecified atom stereocenters. The SMILES string of the molecule is N#Cc1ccc(N2CCCCC2CN)c(F)c1Br. The molecule has 0 spiro atoms. The summed E-state index contributed by atoms with van der Waals surface area (Å²) in [7, 11) is 0. The molecular formula is C13H15BrFN3. The highest BCUT2D eigenvalue weighted by atomic mass is 79.9. The van der Waals surface area contributed by atoms with Crippen LogP contribution in [0.3, 0.4) is 0 Å². The number of rotatable bonds is 2. The molecule has 0 bridgehead atoms. The fraction of sp³-hybridized carbons (Fsp3) is 0.462. The van der Waals surface area contributed by atoms with Crippen molar-refractivity contribution in [1.29, 1.82) is 5.26 Å². The topological polar surface area (TPSA) is 53.0 Å². The van der Waals surface area contributed by atoms with Crippen LogP contribution in [0.5, 0.6) is 0 Å². The zero-order valence-electron chi connectivity index (χ0n) is 10.00. The molecule has 96 valence electrons. The van der Waals surface area contributed by atoms with Crippen LogP contribution in [0.1, 0.15) is 24.8 Å². The Morgan fingerprint density at radius 3 is 2.94 bits per heavy atom. The second-order valence-corrected chi connectivity index (χ2v) is 5.24. The molecule has 1 fully saturated rings. The van der Waals surface area contributed by atoms with Gasteiger partial charge in [0, 0.05) is 19.1 Å². The number of hydrogen-bond acceptors (Lipinski definition) is 3. The van der Waals surface area contributed by atoms with Crippen LogP contribution in [-0.4, -0.2) is 19.1 Å². The number of nitrogens with zero attached hydrogens (tertiary/aromatic N) is 2. The fourth-order valence-corrected chi connectivity index (χ4v) is 2.83. The van der Waals surface area contributed by atoms with E-state index in [9.17, 15) is 4.39 Å². The first-order chi connectivity index (χ1) is 8.69. The van der Waals surface area contributed by atoms with E-state index in [-0.39, 0.29) is 16.3 Å². The van der Waals surface area contributed by atoms with Gasteiger partial charge < -0.3 is 10.6 Å². The van der Waals surface area contributed by atoms with Gasteiger partial charge >= 0.3 is 0 Å². The number of anilines is 1. The first kappa shape index (κ1) is 13.3. The molecule has 1 heterocycles. The summed E-state index contributed by atoms with van der Waals surface area (Å²) in [6.07, 6.45) is 3.18. The summed E-state index contributed by atoms with van der Waals surface area (Å²) >= 11 is 3.14. The summed E-state index contributed by atoms with van der Waals surface area (Å²) in [6.45, 7) is 1.34. The number of hydrogen-bond donors (Lipinski definition) is 1. The molecular weight excluding hydrogens is 297 g/mol. The maximum atomic E-state index is 14.3. The predicted molar refractivity (Wildman–Crippen MR) is 72.9 cm³/mol. The lowest BCUT2D eigenvalue weighted by molar-refractivity contribution is 0.457. The maximum absolute atomic E-state index is 14.3. The summed E-state index contributed by atoms with van der Waals surface area (Å²) in [5.74, 6) is -0.366. The summed E-state index contributed by atoms with van der Waals surface area (Å²) in [5, 5.41) is 8.86. The Bertz CT molecular complexity index is 484. The Balaban J connectivity index is 2.38. The molecule has 2 rings (SSSR count). The van der Waals surface area contributed by atoms with Gasteiger partial charge in [-0.15, -0.1) is 0 Å². The van der Waals surface area contributed by atoms with Gasteiger partial charge in [-0.3, -0.25) is 0 Å². The molecule has 2 N–H and O–H groups in total. The van der Waals surface area contributed by atoms with Crippen molar-refractivity contribution in [3.8, 4) is 6.07 Å². The van der Waals surface area contributed by atoms with Crippen molar-refractivity contribution < 1.29 is 4.39 Å². The van der Waals surface area contributed by atoms with Crippen molar-refractivity contribution in [3.63, 3.8) is 0 Å². The van der Waals surface area contributed by atoms with E-state index in [2.05, 4.69) is 15.9 Å². The molecule has 1 aromatic carbocycles. The van der Waals surface area contributed by atoms with Crippen LogP contribution in [0.25, 0.3) is 0 Å². The van der Waals surface area contributed by atoms with Crippen LogP contribution >= 0.6 is 15.9 Å². The average molecular weight is 312 g/mol. The van der Waals surface area contributed by atoms with Crippen molar-refractivity contribution in [2.45, 2.75) is 25.3 Å². The number of piperidine rings is 1. The molecule has 0 saturated carbocycles. The van der Waals surface area contributed by atoms with E-state index < -0.39 is 0 Å². The number of benzene rings is 1. The van der Waals surface area contributed by atoms with Gasteiger partial charge in [0.2, 0.25) is 0 Å². The molecule has 1 aromatic rings. The van der Waals surface area contributed by atoms with Gasteiger partial charge in [-0.2, -0.15) is 5.26 Å². The molecule has 5 heteroatoms.